The summed E-state index contributed by atoms with van der Waals surface area (Å²) in [5.41, 5.74) is 0.596. The van der Waals surface area contributed by atoms with E-state index in [1.165, 1.54) is 0 Å². The van der Waals surface area contributed by atoms with Crippen LogP contribution >= 0.6 is 0 Å². The summed E-state index contributed by atoms with van der Waals surface area (Å²) >= 11 is 0. The molecule has 37 heavy (non-hydrogen) atoms. The molecule has 0 aliphatic carbocycles. The van der Waals surface area contributed by atoms with E-state index in [0.717, 1.165) is 32.1 Å². The summed E-state index contributed by atoms with van der Waals surface area (Å²) in [4.78, 5) is 40.8. The van der Waals surface area contributed by atoms with Crippen LogP contribution in [-0.2, 0) is 14.3 Å². The Labute approximate surface area is 220 Å². The quantitative estimate of drug-likeness (QED) is 0.336. The van der Waals surface area contributed by atoms with Crippen molar-refractivity contribution in [3.8, 4) is 5.75 Å². The van der Waals surface area contributed by atoms with Crippen molar-refractivity contribution in [1.82, 2.24) is 10.2 Å². The van der Waals surface area contributed by atoms with Gasteiger partial charge in [-0.25, -0.2) is 4.79 Å². The third-order valence-electron chi connectivity index (χ3n) is 5.64. The maximum atomic E-state index is 13.6. The highest BCUT2D eigenvalue weighted by Gasteiger charge is 2.31. The average molecular weight is 512 g/mol. The number of benzene rings is 2. The van der Waals surface area contributed by atoms with Crippen molar-refractivity contribution in [3.63, 3.8) is 0 Å². The topological polar surface area (TPSA) is 97.0 Å². The Morgan fingerprint density at radius 2 is 1.57 bits per heavy atom. The van der Waals surface area contributed by atoms with Gasteiger partial charge in [0.05, 0.1) is 7.11 Å². The second-order valence-electron chi connectivity index (χ2n) is 9.89. The first kappa shape index (κ1) is 29.7. The summed E-state index contributed by atoms with van der Waals surface area (Å²) < 4.78 is 10.5. The van der Waals surface area contributed by atoms with Gasteiger partial charge in [-0.2, -0.15) is 0 Å². The van der Waals surface area contributed by atoms with E-state index in [1.807, 2.05) is 30.3 Å². The van der Waals surface area contributed by atoms with Gasteiger partial charge < -0.3 is 25.0 Å². The molecule has 2 N–H and O–H groups in total. The molecule has 0 heterocycles. The van der Waals surface area contributed by atoms with Crippen molar-refractivity contribution >= 4 is 23.6 Å². The Kier molecular flexibility index (Phi) is 11.9. The molecular weight excluding hydrogens is 470 g/mol. The van der Waals surface area contributed by atoms with Crippen LogP contribution < -0.4 is 15.4 Å². The van der Waals surface area contributed by atoms with E-state index in [2.05, 4.69) is 17.6 Å². The largest absolute Gasteiger partial charge is 0.497 e. The second-order valence-corrected chi connectivity index (χ2v) is 9.89. The number of hydrogen-bond acceptors (Lipinski definition) is 5. The molecule has 1 unspecified atom stereocenters. The normalized spacial score (nSPS) is 11.8. The lowest BCUT2D eigenvalue weighted by Gasteiger charge is -2.32. The number of rotatable bonds is 13. The van der Waals surface area contributed by atoms with Gasteiger partial charge in [-0.15, -0.1) is 0 Å². The van der Waals surface area contributed by atoms with Gasteiger partial charge in [-0.05, 0) is 57.0 Å². The van der Waals surface area contributed by atoms with Gasteiger partial charge in [0, 0.05) is 12.2 Å². The van der Waals surface area contributed by atoms with Crippen LogP contribution in [0.15, 0.2) is 54.6 Å². The van der Waals surface area contributed by atoms with Crippen LogP contribution in [0, 0.1) is 0 Å². The fourth-order valence-corrected chi connectivity index (χ4v) is 3.84. The average Bonchev–Trinajstić information content (AvgIpc) is 2.86. The fourth-order valence-electron chi connectivity index (χ4n) is 3.84. The third-order valence-corrected chi connectivity index (χ3v) is 5.64. The SMILES string of the molecule is CCCCCCCN(C(=O)CNC(=O)OC(C)(C)C)C(C(=O)Nc1ccc(OC)cc1)c1ccccc1. The maximum Gasteiger partial charge on any atom is 0.408 e. The van der Waals surface area contributed by atoms with Crippen LogP contribution in [0.25, 0.3) is 0 Å². The van der Waals surface area contributed by atoms with E-state index in [1.54, 1.807) is 57.0 Å². The highest BCUT2D eigenvalue weighted by Crippen LogP contribution is 2.25. The molecule has 8 nitrogen and oxygen atoms in total. The maximum absolute atomic E-state index is 13.6. The number of anilines is 1. The highest BCUT2D eigenvalue weighted by molar-refractivity contribution is 5.98. The number of hydrogen-bond donors (Lipinski definition) is 2. The molecular formula is C29H41N3O5. The van der Waals surface area contributed by atoms with Crippen LogP contribution in [0.2, 0.25) is 0 Å². The molecule has 0 fully saturated rings. The third kappa shape index (κ3) is 10.5. The molecule has 2 aromatic carbocycles. The van der Waals surface area contributed by atoms with E-state index in [4.69, 9.17) is 9.47 Å². The monoisotopic (exact) mass is 511 g/mol. The van der Waals surface area contributed by atoms with Crippen LogP contribution in [0.5, 0.6) is 5.75 Å². The summed E-state index contributed by atoms with van der Waals surface area (Å²) in [7, 11) is 1.58. The van der Waals surface area contributed by atoms with E-state index >= 15 is 0 Å². The summed E-state index contributed by atoms with van der Waals surface area (Å²) in [6.07, 6.45) is 4.30. The lowest BCUT2D eigenvalue weighted by Crippen LogP contribution is -2.47. The first-order valence-corrected chi connectivity index (χ1v) is 12.9. The molecule has 0 saturated heterocycles. The van der Waals surface area contributed by atoms with Gasteiger partial charge in [0.25, 0.3) is 5.91 Å². The Morgan fingerprint density at radius 3 is 2.16 bits per heavy atom. The predicted octanol–water partition coefficient (Wildman–Crippen LogP) is 5.70. The second kappa shape index (κ2) is 14.9. The van der Waals surface area contributed by atoms with Crippen LogP contribution in [0.1, 0.15) is 71.4 Å². The van der Waals surface area contributed by atoms with Gasteiger partial charge in [0.1, 0.15) is 23.9 Å². The Morgan fingerprint density at radius 1 is 0.919 bits per heavy atom. The van der Waals surface area contributed by atoms with E-state index in [0.29, 0.717) is 23.5 Å². The minimum Gasteiger partial charge on any atom is -0.497 e. The molecule has 8 heteroatoms. The molecule has 0 aromatic heterocycles. The van der Waals surface area contributed by atoms with E-state index in [9.17, 15) is 14.4 Å². The number of nitrogens with zero attached hydrogens (tertiary/aromatic N) is 1. The summed E-state index contributed by atoms with van der Waals surface area (Å²) in [6.45, 7) is 7.52. The van der Waals surface area contributed by atoms with Gasteiger partial charge in [0.2, 0.25) is 5.91 Å². The van der Waals surface area contributed by atoms with Crippen LogP contribution in [-0.4, -0.2) is 48.6 Å². The van der Waals surface area contributed by atoms with Crippen molar-refractivity contribution in [2.45, 2.75) is 71.4 Å². The molecule has 202 valence electrons. The number of carbonyl (C=O) groups is 3. The van der Waals surface area contributed by atoms with Gasteiger partial charge >= 0.3 is 6.09 Å². The molecule has 1 atom stereocenters. The Bertz CT molecular complexity index is 987. The molecule has 0 saturated carbocycles. The van der Waals surface area contributed by atoms with Crippen molar-refractivity contribution in [2.24, 2.45) is 0 Å². The zero-order valence-electron chi connectivity index (χ0n) is 22.7. The smallest absolute Gasteiger partial charge is 0.408 e. The number of carbonyl (C=O) groups excluding carboxylic acids is 3. The summed E-state index contributed by atoms with van der Waals surface area (Å²) in [5, 5.41) is 5.47. The molecule has 3 amide bonds. The predicted molar refractivity (Wildman–Crippen MR) is 146 cm³/mol. The van der Waals surface area contributed by atoms with Crippen molar-refractivity contribution in [3.05, 3.63) is 60.2 Å². The first-order valence-electron chi connectivity index (χ1n) is 12.9. The number of nitrogens with one attached hydrogen (secondary N) is 2. The van der Waals surface area contributed by atoms with Gasteiger partial charge in [-0.1, -0.05) is 62.9 Å². The summed E-state index contributed by atoms with van der Waals surface area (Å²) in [6, 6.07) is 15.3. The zero-order valence-corrected chi connectivity index (χ0v) is 22.7. The highest BCUT2D eigenvalue weighted by atomic mass is 16.6. The first-order chi connectivity index (χ1) is 17.6. The molecule has 0 spiro atoms. The molecule has 2 rings (SSSR count). The summed E-state index contributed by atoms with van der Waals surface area (Å²) in [5.74, 6) is -0.0228. The van der Waals surface area contributed by atoms with E-state index in [-0.39, 0.29) is 18.4 Å². The number of unbranched alkanes of at least 4 members (excludes halogenated alkanes) is 4. The standard InChI is InChI=1S/C29H41N3O5/c1-6-7-8-9-13-20-32(25(33)21-30-28(35)37-29(2,3)4)26(22-14-11-10-12-15-22)27(34)31-23-16-18-24(36-5)19-17-23/h10-12,14-19,26H,6-9,13,20-21H2,1-5H3,(H,30,35)(H,31,34). The Balaban J connectivity index is 2.28. The number of ether oxygens (including phenoxy) is 2. The molecule has 0 aliphatic heterocycles. The minimum absolute atomic E-state index is 0.275. The minimum atomic E-state index is -0.873. The molecule has 0 radical (unpaired) electrons. The Hall–Kier alpha value is -3.55. The van der Waals surface area contributed by atoms with Crippen LogP contribution in [0.4, 0.5) is 10.5 Å². The molecule has 0 bridgehead atoms. The van der Waals surface area contributed by atoms with Crippen molar-refractivity contribution < 1.29 is 23.9 Å². The van der Waals surface area contributed by atoms with Gasteiger partial charge in [-0.3, -0.25) is 9.59 Å². The van der Waals surface area contributed by atoms with Crippen LogP contribution in [0.3, 0.4) is 0 Å². The number of alkyl carbamates (subject to hydrolysis) is 1. The fraction of sp³-hybridized carbons (Fsp3) is 0.483. The number of methoxy groups -OCH3 is 1. The van der Waals surface area contributed by atoms with Crippen molar-refractivity contribution in [2.75, 3.05) is 25.5 Å². The van der Waals surface area contributed by atoms with E-state index < -0.39 is 17.7 Å². The molecule has 0 aliphatic rings. The zero-order chi connectivity index (χ0) is 27.3. The lowest BCUT2D eigenvalue weighted by atomic mass is 10.0. The van der Waals surface area contributed by atoms with Gasteiger partial charge in [0.15, 0.2) is 0 Å². The number of amides is 3. The molecule has 2 aromatic rings. The van der Waals surface area contributed by atoms with Crippen molar-refractivity contribution in [1.29, 1.82) is 0 Å². The lowest BCUT2D eigenvalue weighted by molar-refractivity contribution is -0.138.